The molecule has 0 unspecified atom stereocenters. The average molecular weight is 776 g/mol. The third-order valence-electron chi connectivity index (χ3n) is 12.2. The van der Waals surface area contributed by atoms with Gasteiger partial charge in [-0.1, -0.05) is 194 Å². The zero-order valence-corrected chi connectivity index (χ0v) is 33.2. The van der Waals surface area contributed by atoms with Crippen molar-refractivity contribution in [3.63, 3.8) is 0 Å². The van der Waals surface area contributed by atoms with E-state index in [0.717, 1.165) is 55.8 Å². The van der Waals surface area contributed by atoms with Crippen LogP contribution in [0, 0.1) is 0 Å². The van der Waals surface area contributed by atoms with Gasteiger partial charge in [0.15, 0.2) is 0 Å². The van der Waals surface area contributed by atoms with Gasteiger partial charge in [0.25, 0.3) is 0 Å². The van der Waals surface area contributed by atoms with Crippen molar-refractivity contribution in [1.29, 1.82) is 0 Å². The van der Waals surface area contributed by atoms with Crippen molar-refractivity contribution in [1.82, 2.24) is 14.5 Å². The topological polar surface area (TPSA) is 30.7 Å². The summed E-state index contributed by atoms with van der Waals surface area (Å²) in [5.41, 5.74) is 15.9. The lowest BCUT2D eigenvalue weighted by atomic mass is 9.94. The second-order valence-corrected chi connectivity index (χ2v) is 15.7. The van der Waals surface area contributed by atoms with Gasteiger partial charge in [-0.05, 0) is 85.3 Å². The minimum Gasteiger partial charge on any atom is -0.309 e. The van der Waals surface area contributed by atoms with E-state index in [2.05, 4.69) is 229 Å². The van der Waals surface area contributed by atoms with E-state index in [4.69, 9.17) is 9.97 Å². The molecule has 0 N–H and O–H groups in total. The van der Waals surface area contributed by atoms with Gasteiger partial charge in [-0.2, -0.15) is 0 Å². The number of nitrogens with zero attached hydrogens (tertiary/aromatic N) is 3. The maximum atomic E-state index is 5.52. The first-order valence-corrected chi connectivity index (χ1v) is 20.8. The number of hydrogen-bond donors (Lipinski definition) is 0. The molecule has 61 heavy (non-hydrogen) atoms. The summed E-state index contributed by atoms with van der Waals surface area (Å²) in [4.78, 5) is 10.9. The lowest BCUT2D eigenvalue weighted by Gasteiger charge is -2.14. The smallest absolute Gasteiger partial charge is 0.0973 e. The Balaban J connectivity index is 1.10. The maximum absolute atomic E-state index is 5.52. The molecule has 0 radical (unpaired) electrons. The van der Waals surface area contributed by atoms with E-state index in [0.29, 0.717) is 0 Å². The fourth-order valence-corrected chi connectivity index (χ4v) is 9.26. The zero-order valence-electron chi connectivity index (χ0n) is 33.2. The summed E-state index contributed by atoms with van der Waals surface area (Å²) in [5.74, 6) is 0. The molecule has 12 aromatic rings. The second-order valence-electron chi connectivity index (χ2n) is 15.7. The van der Waals surface area contributed by atoms with Crippen molar-refractivity contribution >= 4 is 54.4 Å². The van der Waals surface area contributed by atoms with Gasteiger partial charge in [0.05, 0.1) is 33.5 Å². The summed E-state index contributed by atoms with van der Waals surface area (Å²) in [6.07, 6.45) is 0. The first-order chi connectivity index (χ1) is 30.2. The largest absolute Gasteiger partial charge is 0.309 e. The van der Waals surface area contributed by atoms with Gasteiger partial charge in [0.1, 0.15) is 0 Å². The fourth-order valence-electron chi connectivity index (χ4n) is 9.26. The zero-order chi connectivity index (χ0) is 40.3. The highest BCUT2D eigenvalue weighted by molar-refractivity contribution is 6.30. The van der Waals surface area contributed by atoms with Gasteiger partial charge in [-0.25, -0.2) is 9.97 Å². The Morgan fingerprint density at radius 1 is 0.295 bits per heavy atom. The Bertz CT molecular complexity index is 3590. The molecule has 0 aliphatic heterocycles. The highest BCUT2D eigenvalue weighted by Crippen LogP contribution is 2.44. The van der Waals surface area contributed by atoms with E-state index < -0.39 is 0 Å². The van der Waals surface area contributed by atoms with Gasteiger partial charge < -0.3 is 4.57 Å². The second kappa shape index (κ2) is 14.3. The molecule has 12 rings (SSSR count). The molecule has 3 nitrogen and oxygen atoms in total. The normalized spacial score (nSPS) is 11.6. The summed E-state index contributed by atoms with van der Waals surface area (Å²) in [6.45, 7) is 0. The van der Waals surface area contributed by atoms with Gasteiger partial charge in [-0.3, -0.25) is 0 Å². The summed E-state index contributed by atoms with van der Waals surface area (Å²) in [5, 5.41) is 7.45. The molecule has 0 saturated heterocycles. The van der Waals surface area contributed by atoms with Crippen LogP contribution in [0.15, 0.2) is 224 Å². The van der Waals surface area contributed by atoms with Crippen LogP contribution in [-0.2, 0) is 0 Å². The predicted molar refractivity (Wildman–Crippen MR) is 256 cm³/mol. The van der Waals surface area contributed by atoms with Crippen LogP contribution >= 0.6 is 0 Å². The Morgan fingerprint density at radius 2 is 0.770 bits per heavy atom. The summed E-state index contributed by atoms with van der Waals surface area (Å²) in [6, 6.07) is 80.3. The van der Waals surface area contributed by atoms with E-state index in [-0.39, 0.29) is 0 Å². The van der Waals surface area contributed by atoms with Crippen LogP contribution in [0.5, 0.6) is 0 Å². The van der Waals surface area contributed by atoms with Gasteiger partial charge >= 0.3 is 0 Å². The number of hydrogen-bond acceptors (Lipinski definition) is 2. The summed E-state index contributed by atoms with van der Waals surface area (Å²) < 4.78 is 2.43. The summed E-state index contributed by atoms with van der Waals surface area (Å²) in [7, 11) is 0. The average Bonchev–Trinajstić information content (AvgIpc) is 3.69. The molecule has 0 atom stereocenters. The van der Waals surface area contributed by atoms with Crippen LogP contribution in [-0.4, -0.2) is 14.5 Å². The number of aromatic nitrogens is 3. The van der Waals surface area contributed by atoms with E-state index in [1.54, 1.807) is 0 Å². The van der Waals surface area contributed by atoms with E-state index in [9.17, 15) is 0 Å². The first kappa shape index (κ1) is 34.9. The number of fused-ring (bicyclic) bond motifs is 8. The van der Waals surface area contributed by atoms with Crippen LogP contribution in [0.4, 0.5) is 0 Å². The van der Waals surface area contributed by atoms with Crippen LogP contribution in [0.3, 0.4) is 0 Å². The number of benzene rings is 10. The van der Waals surface area contributed by atoms with Crippen LogP contribution in [0.1, 0.15) is 0 Å². The SMILES string of the molecule is c1ccc(-c2ccc(-c3nc4ccc(-n5c6ccc7ccccc7c6c6c7ccccc7c(-c7ccccc7)cc65)cc4nc3-c3ccc(-c4ccccc4)cc3)cc2)cc1. The molecule has 0 aliphatic rings. The van der Waals surface area contributed by atoms with Gasteiger partial charge in [-0.15, -0.1) is 0 Å². The van der Waals surface area contributed by atoms with Crippen molar-refractivity contribution in [2.75, 3.05) is 0 Å². The molecule has 0 spiro atoms. The van der Waals surface area contributed by atoms with Crippen molar-refractivity contribution in [3.8, 4) is 61.6 Å². The molecule has 0 aliphatic carbocycles. The third-order valence-corrected chi connectivity index (χ3v) is 12.2. The molecule has 2 aromatic heterocycles. The molecule has 3 heteroatoms. The molecular formula is C58H37N3. The molecule has 0 saturated carbocycles. The quantitative estimate of drug-likeness (QED) is 0.168. The molecule has 0 fully saturated rings. The Kier molecular flexibility index (Phi) is 8.17. The fraction of sp³-hybridized carbons (Fsp3) is 0. The van der Waals surface area contributed by atoms with E-state index in [1.807, 2.05) is 0 Å². The van der Waals surface area contributed by atoms with Gasteiger partial charge in [0.2, 0.25) is 0 Å². The van der Waals surface area contributed by atoms with Crippen molar-refractivity contribution in [3.05, 3.63) is 224 Å². The Labute approximate surface area is 353 Å². The van der Waals surface area contributed by atoms with Crippen molar-refractivity contribution in [2.24, 2.45) is 0 Å². The van der Waals surface area contributed by atoms with Crippen LogP contribution in [0.25, 0.3) is 116 Å². The highest BCUT2D eigenvalue weighted by Gasteiger charge is 2.21. The standard InChI is InChI=1S/C58H37N3/c1-4-14-38(15-5-1)40-24-28-44(29-25-40)57-58(45-30-26-41(27-31-45)39-16-6-2-7-17-39)60-52-36-46(33-34-51(52)59-57)61-53-35-32-43-20-10-11-21-47(43)55(53)56-49-23-13-12-22-48(49)50(37-54(56)61)42-18-8-3-9-19-42/h1-37H. The summed E-state index contributed by atoms with van der Waals surface area (Å²) >= 11 is 0. The highest BCUT2D eigenvalue weighted by atomic mass is 15.0. The predicted octanol–water partition coefficient (Wildman–Crippen LogP) is 15.4. The molecule has 0 amide bonds. The molecule has 2 heterocycles. The minimum atomic E-state index is 0.837. The van der Waals surface area contributed by atoms with E-state index >= 15 is 0 Å². The van der Waals surface area contributed by atoms with E-state index in [1.165, 1.54) is 60.1 Å². The molecule has 284 valence electrons. The van der Waals surface area contributed by atoms with Crippen LogP contribution in [0.2, 0.25) is 0 Å². The third kappa shape index (κ3) is 5.90. The van der Waals surface area contributed by atoms with Crippen molar-refractivity contribution in [2.45, 2.75) is 0 Å². The lowest BCUT2D eigenvalue weighted by molar-refractivity contribution is 1.18. The molecule has 10 aromatic carbocycles. The molecular weight excluding hydrogens is 739 g/mol. The monoisotopic (exact) mass is 775 g/mol. The first-order valence-electron chi connectivity index (χ1n) is 20.8. The van der Waals surface area contributed by atoms with Crippen LogP contribution < -0.4 is 0 Å². The molecule has 0 bridgehead atoms. The lowest BCUT2D eigenvalue weighted by Crippen LogP contribution is -1.99. The number of rotatable bonds is 6. The van der Waals surface area contributed by atoms with Gasteiger partial charge in [0, 0.05) is 27.6 Å². The maximum Gasteiger partial charge on any atom is 0.0973 e. The van der Waals surface area contributed by atoms with Crippen molar-refractivity contribution < 1.29 is 0 Å². The minimum absolute atomic E-state index is 0.837. The Morgan fingerprint density at radius 3 is 1.39 bits per heavy atom. The Hall–Kier alpha value is -8.14.